The van der Waals surface area contributed by atoms with Crippen LogP contribution in [0.1, 0.15) is 0 Å². The molecule has 0 saturated heterocycles. The lowest BCUT2D eigenvalue weighted by atomic mass is 10.1. The van der Waals surface area contributed by atoms with Crippen molar-refractivity contribution in [3.05, 3.63) is 85.1 Å². The number of nitrogens with one attached hydrogen (secondary N) is 1. The summed E-state index contributed by atoms with van der Waals surface area (Å²) in [7, 11) is 0.979. The van der Waals surface area contributed by atoms with E-state index in [2.05, 4.69) is 10.3 Å². The fraction of sp³-hybridized carbons (Fsp3) is 0.0455. The number of fused-ring (bicyclic) bond motifs is 1. The maximum absolute atomic E-state index is 9.70. The van der Waals surface area contributed by atoms with E-state index < -0.39 is 11.0 Å². The fourth-order valence-electron chi connectivity index (χ4n) is 2.86. The van der Waals surface area contributed by atoms with Crippen LogP contribution in [0.25, 0.3) is 10.9 Å². The van der Waals surface area contributed by atoms with Crippen molar-refractivity contribution in [1.29, 1.82) is 0 Å². The predicted octanol–water partition coefficient (Wildman–Crippen LogP) is 5.74. The Hall–Kier alpha value is -3.22. The molecule has 4 aromatic rings. The maximum atomic E-state index is 9.70. The third kappa shape index (κ3) is 4.03. The van der Waals surface area contributed by atoms with Crippen LogP contribution < -0.4 is 5.32 Å². The lowest BCUT2D eigenvalue weighted by Gasteiger charge is -2.11. The van der Waals surface area contributed by atoms with E-state index in [0.717, 1.165) is 32.9 Å². The molecule has 5 nitrogen and oxygen atoms in total. The zero-order valence-electron chi connectivity index (χ0n) is 15.2. The maximum Gasteiger partial charge on any atom is 0.117 e. The van der Waals surface area contributed by atoms with Crippen LogP contribution in [0.5, 0.6) is 5.75 Å². The molecule has 1 atom stereocenters. The molecule has 1 unspecified atom stereocenters. The minimum Gasteiger partial charge on any atom is -0.508 e. The molecule has 0 fully saturated rings. The molecule has 0 radical (unpaired) electrons. The highest BCUT2D eigenvalue weighted by Gasteiger charge is 2.06. The van der Waals surface area contributed by atoms with Crippen LogP contribution in [0.4, 0.5) is 17.1 Å². The summed E-state index contributed by atoms with van der Waals surface area (Å²) in [6, 6.07) is 24.8. The van der Waals surface area contributed by atoms with Crippen molar-refractivity contribution in [2.24, 2.45) is 4.36 Å². The van der Waals surface area contributed by atoms with Crippen LogP contribution in [0.15, 0.2) is 94.3 Å². The van der Waals surface area contributed by atoms with Gasteiger partial charge in [-0.3, -0.25) is 4.98 Å². The Kier molecular flexibility index (Phi) is 5.32. The van der Waals surface area contributed by atoms with E-state index >= 15 is 0 Å². The minimum absolute atomic E-state index is 0.214. The summed E-state index contributed by atoms with van der Waals surface area (Å²) in [5, 5.41) is 14.0. The molecule has 0 aliphatic rings. The average molecular weight is 389 g/mol. The molecule has 1 heterocycles. The molecule has 140 valence electrons. The topological polar surface area (TPSA) is 66.7 Å². The molecule has 0 aliphatic heterocycles. The van der Waals surface area contributed by atoms with Crippen molar-refractivity contribution < 1.29 is 9.29 Å². The number of phenolic OH excluding ortho intramolecular Hbond substituents is 1. The van der Waals surface area contributed by atoms with Gasteiger partial charge in [-0.05, 0) is 48.5 Å². The second-order valence-electron chi connectivity index (χ2n) is 6.06. The van der Waals surface area contributed by atoms with Crippen LogP contribution >= 0.6 is 0 Å². The zero-order chi connectivity index (χ0) is 19.3. The second kappa shape index (κ2) is 8.21. The number of hydrogen-bond donors (Lipinski definition) is 2. The quantitative estimate of drug-likeness (QED) is 0.457. The highest BCUT2D eigenvalue weighted by molar-refractivity contribution is 7.82. The Balaban J connectivity index is 1.74. The average Bonchev–Trinajstić information content (AvgIpc) is 2.73. The number of aromatic hydroxyl groups is 1. The van der Waals surface area contributed by atoms with Gasteiger partial charge in [-0.1, -0.05) is 24.3 Å². The van der Waals surface area contributed by atoms with Gasteiger partial charge in [0.15, 0.2) is 0 Å². The fourth-order valence-corrected chi connectivity index (χ4v) is 3.93. The van der Waals surface area contributed by atoms with Gasteiger partial charge in [0.05, 0.1) is 29.3 Å². The molecule has 6 heteroatoms. The monoisotopic (exact) mass is 389 g/mol. The number of anilines is 2. The Labute approximate surface area is 166 Å². The molecule has 0 amide bonds. The van der Waals surface area contributed by atoms with Gasteiger partial charge in [0, 0.05) is 33.9 Å². The first-order valence-electron chi connectivity index (χ1n) is 8.73. The molecule has 28 heavy (non-hydrogen) atoms. The molecule has 0 saturated carbocycles. The zero-order valence-corrected chi connectivity index (χ0v) is 16.1. The highest BCUT2D eigenvalue weighted by Crippen LogP contribution is 2.30. The van der Waals surface area contributed by atoms with Gasteiger partial charge in [-0.15, -0.1) is 0 Å². The lowest BCUT2D eigenvalue weighted by Crippen LogP contribution is -1.94. The first kappa shape index (κ1) is 18.2. The van der Waals surface area contributed by atoms with E-state index in [1.807, 2.05) is 60.7 Å². The Morgan fingerprint density at radius 1 is 0.964 bits per heavy atom. The molecule has 1 aromatic heterocycles. The van der Waals surface area contributed by atoms with Crippen LogP contribution in [0.2, 0.25) is 0 Å². The molecule has 3 aromatic carbocycles. The SMILES string of the molecule is COS(=Nc1ccc2nccc(Nc3cccc(O)c3)c2c1)c1ccccc1. The van der Waals surface area contributed by atoms with Crippen LogP contribution in [-0.2, 0) is 15.2 Å². The first-order valence-corrected chi connectivity index (χ1v) is 9.84. The molecular weight excluding hydrogens is 370 g/mol. The lowest BCUT2D eigenvalue weighted by molar-refractivity contribution is 0.475. The van der Waals surface area contributed by atoms with Gasteiger partial charge in [0.1, 0.15) is 5.75 Å². The summed E-state index contributed by atoms with van der Waals surface area (Å²) in [5.74, 6) is 0.214. The first-order chi connectivity index (χ1) is 13.7. The van der Waals surface area contributed by atoms with Crippen molar-refractivity contribution >= 4 is 38.9 Å². The van der Waals surface area contributed by atoms with E-state index in [0.29, 0.717) is 0 Å². The summed E-state index contributed by atoms with van der Waals surface area (Å²) < 4.78 is 10.4. The van der Waals surface area contributed by atoms with E-state index in [1.165, 1.54) is 0 Å². The molecule has 4 rings (SSSR count). The van der Waals surface area contributed by atoms with Gasteiger partial charge in [0.2, 0.25) is 0 Å². The van der Waals surface area contributed by atoms with E-state index in [4.69, 9.17) is 8.55 Å². The van der Waals surface area contributed by atoms with Crippen molar-refractivity contribution in [3.8, 4) is 5.75 Å². The highest BCUT2D eigenvalue weighted by atomic mass is 32.2. The Morgan fingerprint density at radius 2 is 1.82 bits per heavy atom. The van der Waals surface area contributed by atoms with Gasteiger partial charge < -0.3 is 14.6 Å². The van der Waals surface area contributed by atoms with Crippen molar-refractivity contribution in [3.63, 3.8) is 0 Å². The smallest absolute Gasteiger partial charge is 0.117 e. The van der Waals surface area contributed by atoms with Gasteiger partial charge in [-0.2, -0.15) is 4.36 Å². The number of benzene rings is 3. The van der Waals surface area contributed by atoms with Crippen LogP contribution in [-0.4, -0.2) is 17.2 Å². The summed E-state index contributed by atoms with van der Waals surface area (Å²) in [6.07, 6.45) is 1.76. The summed E-state index contributed by atoms with van der Waals surface area (Å²) in [5.41, 5.74) is 3.37. The van der Waals surface area contributed by atoms with Crippen LogP contribution in [0, 0.1) is 0 Å². The van der Waals surface area contributed by atoms with Crippen molar-refractivity contribution in [1.82, 2.24) is 4.98 Å². The van der Waals surface area contributed by atoms with E-state index in [-0.39, 0.29) is 5.75 Å². The predicted molar refractivity (Wildman–Crippen MR) is 114 cm³/mol. The van der Waals surface area contributed by atoms with Gasteiger partial charge >= 0.3 is 0 Å². The Morgan fingerprint density at radius 3 is 2.61 bits per heavy atom. The third-order valence-electron chi connectivity index (χ3n) is 4.14. The molecular formula is C22H19N3O2S. The minimum atomic E-state index is -0.685. The second-order valence-corrected chi connectivity index (χ2v) is 7.54. The number of aromatic nitrogens is 1. The normalized spacial score (nSPS) is 12.2. The molecule has 2 N–H and O–H groups in total. The number of rotatable bonds is 5. The molecule has 0 aliphatic carbocycles. The van der Waals surface area contributed by atoms with Crippen molar-refractivity contribution in [2.75, 3.05) is 12.4 Å². The summed E-state index contributed by atoms with van der Waals surface area (Å²) >= 11 is 0. The largest absolute Gasteiger partial charge is 0.508 e. The van der Waals surface area contributed by atoms with E-state index in [9.17, 15) is 5.11 Å². The third-order valence-corrected chi connectivity index (χ3v) is 5.51. The number of hydrogen-bond acceptors (Lipinski definition) is 5. The van der Waals surface area contributed by atoms with E-state index in [1.54, 1.807) is 31.5 Å². The summed E-state index contributed by atoms with van der Waals surface area (Å²) in [4.78, 5) is 5.46. The van der Waals surface area contributed by atoms with Crippen LogP contribution in [0.3, 0.4) is 0 Å². The molecule has 0 spiro atoms. The van der Waals surface area contributed by atoms with Gasteiger partial charge in [-0.25, -0.2) is 0 Å². The number of nitrogens with zero attached hydrogens (tertiary/aromatic N) is 2. The summed E-state index contributed by atoms with van der Waals surface area (Å²) in [6.45, 7) is 0. The Bertz CT molecular complexity index is 1150. The molecule has 0 bridgehead atoms. The number of phenols is 1. The van der Waals surface area contributed by atoms with Gasteiger partial charge in [0.25, 0.3) is 0 Å². The number of pyridine rings is 1. The standard InChI is InChI=1S/C22H19N3O2S/c1-27-28(19-8-3-2-4-9-19)25-17-10-11-21-20(15-17)22(12-13-23-21)24-16-6-5-7-18(26)14-16/h2-15,26H,1H3,(H,23,24). The van der Waals surface area contributed by atoms with Crippen molar-refractivity contribution in [2.45, 2.75) is 4.90 Å².